The summed E-state index contributed by atoms with van der Waals surface area (Å²) in [7, 11) is -1.84. The van der Waals surface area contributed by atoms with E-state index >= 15 is 0 Å². The van der Waals surface area contributed by atoms with Crippen molar-refractivity contribution in [1.29, 1.82) is 0 Å². The van der Waals surface area contributed by atoms with Crippen molar-refractivity contribution >= 4 is 8.32 Å². The van der Waals surface area contributed by atoms with Crippen LogP contribution in [-0.4, -0.2) is 8.32 Å². The molecule has 1 rings (SSSR count). The van der Waals surface area contributed by atoms with Gasteiger partial charge in [0.2, 0.25) is 0 Å². The zero-order valence-electron chi connectivity index (χ0n) is 12.3. The number of benzene rings is 1. The minimum absolute atomic E-state index is 0.168. The first-order chi connectivity index (χ1) is 8.26. The highest BCUT2D eigenvalue weighted by Crippen LogP contribution is 2.38. The lowest BCUT2D eigenvalue weighted by Gasteiger charge is -2.36. The van der Waals surface area contributed by atoms with E-state index in [2.05, 4.69) is 33.9 Å². The average Bonchev–Trinajstić information content (AvgIpc) is 2.27. The molecule has 0 unspecified atom stereocenters. The first-order valence-electron chi connectivity index (χ1n) is 6.34. The Morgan fingerprint density at radius 2 is 1.67 bits per heavy atom. The summed E-state index contributed by atoms with van der Waals surface area (Å²) in [6, 6.07) is 9.73. The highest BCUT2D eigenvalue weighted by atomic mass is 28.4. The van der Waals surface area contributed by atoms with Gasteiger partial charge in [-0.1, -0.05) is 39.0 Å². The Morgan fingerprint density at radius 3 is 2.11 bits per heavy atom. The molecule has 0 saturated carbocycles. The molecule has 0 radical (unpaired) electrons. The van der Waals surface area contributed by atoms with Gasteiger partial charge < -0.3 is 9.16 Å². The molecule has 100 valence electrons. The number of rotatable bonds is 4. The number of ether oxygens (including phenoxy) is 1. The number of hydrogen-bond acceptors (Lipinski definition) is 2. The highest BCUT2D eigenvalue weighted by Gasteiger charge is 2.39. The van der Waals surface area contributed by atoms with Gasteiger partial charge in [0.25, 0.3) is 14.3 Å². The third-order valence-corrected chi connectivity index (χ3v) is 7.68. The van der Waals surface area contributed by atoms with Crippen molar-refractivity contribution in [2.75, 3.05) is 0 Å². The van der Waals surface area contributed by atoms with E-state index in [-0.39, 0.29) is 5.04 Å². The van der Waals surface area contributed by atoms with Crippen LogP contribution in [0.25, 0.3) is 0 Å². The fourth-order valence-electron chi connectivity index (χ4n) is 1.15. The monoisotopic (exact) mass is 264 g/mol. The summed E-state index contributed by atoms with van der Waals surface area (Å²) in [5, 5.41) is 0.168. The first-order valence-corrected chi connectivity index (χ1v) is 9.25. The Labute approximate surface area is 112 Å². The third-order valence-electron chi connectivity index (χ3n) is 3.36. The van der Waals surface area contributed by atoms with Crippen LogP contribution in [0, 0.1) is 0 Å². The maximum absolute atomic E-state index is 6.13. The van der Waals surface area contributed by atoms with Crippen molar-refractivity contribution in [1.82, 2.24) is 0 Å². The minimum Gasteiger partial charge on any atom is -0.519 e. The molecule has 0 bridgehead atoms. The largest absolute Gasteiger partial charge is 0.519 e. The van der Waals surface area contributed by atoms with E-state index in [1.54, 1.807) is 0 Å². The molecule has 0 aliphatic rings. The maximum atomic E-state index is 6.13. The van der Waals surface area contributed by atoms with Crippen LogP contribution in [0.5, 0.6) is 5.75 Å². The van der Waals surface area contributed by atoms with Gasteiger partial charge in [-0.25, -0.2) is 0 Å². The van der Waals surface area contributed by atoms with Crippen LogP contribution in [0.15, 0.2) is 42.4 Å². The topological polar surface area (TPSA) is 18.5 Å². The van der Waals surface area contributed by atoms with Crippen molar-refractivity contribution in [3.8, 4) is 5.75 Å². The van der Waals surface area contributed by atoms with E-state index in [4.69, 9.17) is 9.16 Å². The van der Waals surface area contributed by atoms with Crippen LogP contribution < -0.4 is 4.74 Å². The Morgan fingerprint density at radius 1 is 1.11 bits per heavy atom. The summed E-state index contributed by atoms with van der Waals surface area (Å²) in [5.74, 6) is 1.41. The lowest BCUT2D eigenvalue weighted by atomic mass is 10.2. The molecule has 3 heteroatoms. The highest BCUT2D eigenvalue weighted by molar-refractivity contribution is 6.74. The fourth-order valence-corrected chi connectivity index (χ4v) is 2.12. The molecule has 0 N–H and O–H groups in total. The standard InChI is InChI=1S/C15H24O2Si/c1-7-14(16-13-11-9-8-10-12-13)17-18(5,6)15(2,3)4/h7-12H,1-6H3/b14-7+. The van der Waals surface area contributed by atoms with Crippen LogP contribution in [0.1, 0.15) is 27.7 Å². The zero-order valence-corrected chi connectivity index (χ0v) is 13.3. The molecule has 18 heavy (non-hydrogen) atoms. The predicted octanol–water partition coefficient (Wildman–Crippen LogP) is 4.95. The van der Waals surface area contributed by atoms with E-state index in [0.29, 0.717) is 5.95 Å². The van der Waals surface area contributed by atoms with Gasteiger partial charge in [-0.15, -0.1) is 0 Å². The smallest absolute Gasteiger partial charge is 0.266 e. The Bertz CT molecular complexity index is 402. The summed E-state index contributed by atoms with van der Waals surface area (Å²) in [6.45, 7) is 13.0. The summed E-state index contributed by atoms with van der Waals surface area (Å²) < 4.78 is 11.9. The van der Waals surface area contributed by atoms with Crippen molar-refractivity contribution in [2.24, 2.45) is 0 Å². The van der Waals surface area contributed by atoms with Crippen molar-refractivity contribution in [3.63, 3.8) is 0 Å². The molecule has 2 nitrogen and oxygen atoms in total. The number of hydrogen-bond donors (Lipinski definition) is 0. The Kier molecular flexibility index (Phi) is 4.63. The van der Waals surface area contributed by atoms with Gasteiger partial charge in [0.05, 0.1) is 0 Å². The van der Waals surface area contributed by atoms with E-state index in [1.807, 2.05) is 43.3 Å². The number of allylic oxidation sites excluding steroid dienone is 1. The van der Waals surface area contributed by atoms with Gasteiger partial charge in [0, 0.05) is 0 Å². The maximum Gasteiger partial charge on any atom is 0.266 e. The van der Waals surface area contributed by atoms with Gasteiger partial charge in [0.1, 0.15) is 5.75 Å². The minimum atomic E-state index is -1.84. The quantitative estimate of drug-likeness (QED) is 0.566. The molecule has 0 amide bonds. The van der Waals surface area contributed by atoms with Crippen molar-refractivity contribution in [3.05, 3.63) is 42.4 Å². The molecular weight excluding hydrogens is 240 g/mol. The van der Waals surface area contributed by atoms with Crippen molar-refractivity contribution < 1.29 is 9.16 Å². The third kappa shape index (κ3) is 3.91. The molecule has 0 spiro atoms. The van der Waals surface area contributed by atoms with E-state index in [9.17, 15) is 0 Å². The van der Waals surface area contributed by atoms with Gasteiger partial charge in [0.15, 0.2) is 0 Å². The molecule has 0 fully saturated rings. The fraction of sp³-hybridized carbons (Fsp3) is 0.467. The van der Waals surface area contributed by atoms with Crippen LogP contribution in [0.3, 0.4) is 0 Å². The molecule has 0 heterocycles. The van der Waals surface area contributed by atoms with Crippen LogP contribution in [0.4, 0.5) is 0 Å². The molecule has 0 aliphatic heterocycles. The van der Waals surface area contributed by atoms with E-state index in [1.165, 1.54) is 0 Å². The van der Waals surface area contributed by atoms with Crippen LogP contribution in [0.2, 0.25) is 18.1 Å². The lowest BCUT2D eigenvalue weighted by Crippen LogP contribution is -2.41. The number of para-hydroxylation sites is 1. The molecule has 0 saturated heterocycles. The summed E-state index contributed by atoms with van der Waals surface area (Å²) in [6.07, 6.45) is 1.88. The SMILES string of the molecule is C/C=C(\Oc1ccccc1)O[Si](C)(C)C(C)(C)C. The first kappa shape index (κ1) is 14.8. The van der Waals surface area contributed by atoms with Crippen molar-refractivity contribution in [2.45, 2.75) is 45.8 Å². The molecule has 1 aromatic rings. The molecular formula is C15H24O2Si. The van der Waals surface area contributed by atoms with E-state index in [0.717, 1.165) is 5.75 Å². The van der Waals surface area contributed by atoms with Gasteiger partial charge in [-0.3, -0.25) is 0 Å². The van der Waals surface area contributed by atoms with E-state index < -0.39 is 8.32 Å². The molecule has 0 aliphatic carbocycles. The zero-order chi connectivity index (χ0) is 13.8. The van der Waals surface area contributed by atoms with Crippen LogP contribution in [-0.2, 0) is 4.43 Å². The summed E-state index contributed by atoms with van der Waals surface area (Å²) in [4.78, 5) is 0. The Hall–Kier alpha value is -1.22. The Balaban J connectivity index is 2.76. The molecule has 0 aromatic heterocycles. The average molecular weight is 264 g/mol. The lowest BCUT2D eigenvalue weighted by molar-refractivity contribution is 0.210. The van der Waals surface area contributed by atoms with Gasteiger partial charge >= 0.3 is 0 Å². The summed E-state index contributed by atoms with van der Waals surface area (Å²) >= 11 is 0. The van der Waals surface area contributed by atoms with Gasteiger partial charge in [-0.05, 0) is 43.3 Å². The van der Waals surface area contributed by atoms with Gasteiger partial charge in [-0.2, -0.15) is 0 Å². The van der Waals surface area contributed by atoms with Crippen LogP contribution >= 0.6 is 0 Å². The molecule has 1 aromatic carbocycles. The second kappa shape index (κ2) is 5.61. The summed E-state index contributed by atoms with van der Waals surface area (Å²) in [5.41, 5.74) is 0. The second-order valence-electron chi connectivity index (χ2n) is 5.89. The normalized spacial score (nSPS) is 13.3. The second-order valence-corrected chi connectivity index (χ2v) is 10.6. The predicted molar refractivity (Wildman–Crippen MR) is 79.1 cm³/mol. The molecule has 0 atom stereocenters.